The summed E-state index contributed by atoms with van der Waals surface area (Å²) in [5.74, 6) is -0.756. The Labute approximate surface area is 240 Å². The summed E-state index contributed by atoms with van der Waals surface area (Å²) in [6.07, 6.45) is -0.942. The van der Waals surface area contributed by atoms with E-state index in [4.69, 9.17) is 8.85 Å². The van der Waals surface area contributed by atoms with Crippen LogP contribution in [0.25, 0.3) is 22.0 Å². The molecule has 0 aliphatic carbocycles. The molecular weight excluding hydrogens is 534 g/mol. The summed E-state index contributed by atoms with van der Waals surface area (Å²) in [5, 5.41) is 6.33. The van der Waals surface area contributed by atoms with Crippen molar-refractivity contribution in [2.75, 3.05) is 20.6 Å². The second kappa shape index (κ2) is 13.3. The first-order valence-electron chi connectivity index (χ1n) is 14.5. The van der Waals surface area contributed by atoms with E-state index in [0.717, 1.165) is 0 Å². The zero-order valence-electron chi connectivity index (χ0n) is 25.3. The molecule has 0 saturated carbocycles. The minimum Gasteiger partial charge on any atom is -0.494 e. The number of carbonyl (C=O) groups excluding carboxylic acids is 1. The predicted octanol–water partition coefficient (Wildman–Crippen LogP) is 7.81. The van der Waals surface area contributed by atoms with E-state index < -0.39 is 31.4 Å². The highest BCUT2D eigenvalue weighted by Crippen LogP contribution is 2.40. The number of aromatic amines is 1. The summed E-state index contributed by atoms with van der Waals surface area (Å²) < 4.78 is 83.7. The van der Waals surface area contributed by atoms with Crippen LogP contribution in [0.15, 0.2) is 84.9 Å². The standard InChI is InChI=1S/C32H31F4N3O2/c1-39(2)29(40)12-8-3-4-9-19-41-25-16-13-23(14-17-25)30(24-15-18-28-26(20-24)31(33)38-37-28)27(21-32(34,35)36)22-10-6-5-7-11-22/h5-8,10-18,20H,3-4,9,19,21H2,1-2H3,(H,37,38)/b12-8+,30-27+/i1D3. The van der Waals surface area contributed by atoms with Crippen LogP contribution in [0.5, 0.6) is 5.75 Å². The van der Waals surface area contributed by atoms with Gasteiger partial charge in [-0.15, -0.1) is 0 Å². The fourth-order valence-corrected chi connectivity index (χ4v) is 4.39. The van der Waals surface area contributed by atoms with E-state index in [1.807, 2.05) is 0 Å². The number of nitrogens with zero attached hydrogens (tertiary/aromatic N) is 2. The molecular formula is C32H31F4N3O2. The molecule has 1 amide bonds. The number of unbranched alkanes of at least 4 members (excludes halogenated alkanes) is 2. The molecule has 9 heteroatoms. The Morgan fingerprint density at radius 3 is 2.46 bits per heavy atom. The monoisotopic (exact) mass is 568 g/mol. The second-order valence-electron chi connectivity index (χ2n) is 9.45. The summed E-state index contributed by atoms with van der Waals surface area (Å²) in [4.78, 5) is 12.5. The number of aromatic nitrogens is 2. The van der Waals surface area contributed by atoms with Gasteiger partial charge in [0.2, 0.25) is 11.9 Å². The number of halogens is 4. The van der Waals surface area contributed by atoms with Crippen molar-refractivity contribution in [1.82, 2.24) is 15.1 Å². The van der Waals surface area contributed by atoms with E-state index in [9.17, 15) is 22.4 Å². The Balaban J connectivity index is 1.53. The number of hydrogen-bond donors (Lipinski definition) is 1. The van der Waals surface area contributed by atoms with Crippen LogP contribution in [-0.2, 0) is 4.79 Å². The molecule has 3 aromatic carbocycles. The molecule has 1 N–H and O–H groups in total. The lowest BCUT2D eigenvalue weighted by Crippen LogP contribution is -2.18. The van der Waals surface area contributed by atoms with Crippen LogP contribution >= 0.6 is 0 Å². The van der Waals surface area contributed by atoms with Crippen molar-refractivity contribution in [3.05, 3.63) is 108 Å². The lowest BCUT2D eigenvalue weighted by molar-refractivity contribution is -0.124. The highest BCUT2D eigenvalue weighted by Gasteiger charge is 2.31. The van der Waals surface area contributed by atoms with Crippen LogP contribution in [0.2, 0.25) is 0 Å². The normalized spacial score (nSPS) is 13.9. The van der Waals surface area contributed by atoms with Crippen molar-refractivity contribution in [1.29, 1.82) is 0 Å². The number of rotatable bonds is 11. The molecule has 0 aliphatic heterocycles. The number of alkyl halides is 3. The summed E-state index contributed by atoms with van der Waals surface area (Å²) in [5.41, 5.74) is 2.02. The van der Waals surface area contributed by atoms with Gasteiger partial charge in [0.1, 0.15) is 5.75 Å². The average molecular weight is 569 g/mol. The number of benzene rings is 3. The lowest BCUT2D eigenvalue weighted by atomic mass is 9.87. The summed E-state index contributed by atoms with van der Waals surface area (Å²) in [6.45, 7) is -2.13. The van der Waals surface area contributed by atoms with E-state index in [0.29, 0.717) is 64.3 Å². The fraction of sp³-hybridized carbons (Fsp3) is 0.250. The van der Waals surface area contributed by atoms with Gasteiger partial charge in [-0.25, -0.2) is 0 Å². The Kier molecular flexibility index (Phi) is 8.29. The number of likely N-dealkylation sites (N-methyl/N-ethyl adjacent to an activating group) is 1. The molecule has 1 heterocycles. The van der Waals surface area contributed by atoms with E-state index in [-0.39, 0.29) is 11.0 Å². The van der Waals surface area contributed by atoms with Gasteiger partial charge in [0.25, 0.3) is 0 Å². The third-order valence-corrected chi connectivity index (χ3v) is 6.37. The molecule has 0 saturated heterocycles. The minimum absolute atomic E-state index is 0.0478. The zero-order chi connectivity index (χ0) is 31.9. The number of H-pyrrole nitrogens is 1. The van der Waals surface area contributed by atoms with Gasteiger partial charge in [-0.1, -0.05) is 54.6 Å². The van der Waals surface area contributed by atoms with E-state index in [1.54, 1.807) is 72.8 Å². The van der Waals surface area contributed by atoms with Crippen molar-refractivity contribution >= 4 is 28.0 Å². The van der Waals surface area contributed by atoms with E-state index in [2.05, 4.69) is 10.2 Å². The van der Waals surface area contributed by atoms with Crippen molar-refractivity contribution in [2.45, 2.75) is 31.9 Å². The van der Waals surface area contributed by atoms with Crippen molar-refractivity contribution in [2.24, 2.45) is 0 Å². The van der Waals surface area contributed by atoms with Crippen LogP contribution < -0.4 is 4.74 Å². The third kappa shape index (κ3) is 8.06. The largest absolute Gasteiger partial charge is 0.494 e. The van der Waals surface area contributed by atoms with Gasteiger partial charge in [0, 0.05) is 18.1 Å². The molecule has 5 nitrogen and oxygen atoms in total. The van der Waals surface area contributed by atoms with Crippen LogP contribution in [0.1, 0.15) is 46.5 Å². The number of allylic oxidation sites excluding steroid dienone is 2. The maximum atomic E-state index is 14.4. The molecule has 1 aromatic heterocycles. The van der Waals surface area contributed by atoms with Gasteiger partial charge in [-0.3, -0.25) is 9.89 Å². The number of nitrogens with one attached hydrogen (secondary N) is 1. The highest BCUT2D eigenvalue weighted by atomic mass is 19.4. The van der Waals surface area contributed by atoms with Gasteiger partial charge < -0.3 is 9.64 Å². The SMILES string of the molecule is [2H]C([2H])([2H])N(C)C(=O)/C=C/CCCCOc1ccc(/C(=C(/CC(F)(F)F)c2ccccc2)c2ccc3n[nH]c(F)c3c2)cc1. The third-order valence-electron chi connectivity index (χ3n) is 6.37. The molecule has 4 rings (SSSR count). The summed E-state index contributed by atoms with van der Waals surface area (Å²) in [7, 11) is 1.22. The number of hydrogen-bond acceptors (Lipinski definition) is 3. The van der Waals surface area contributed by atoms with Crippen molar-refractivity contribution < 1.29 is 31.2 Å². The Morgan fingerprint density at radius 1 is 1.02 bits per heavy atom. The second-order valence-corrected chi connectivity index (χ2v) is 9.45. The average Bonchev–Trinajstić information content (AvgIpc) is 3.35. The Bertz CT molecular complexity index is 1630. The van der Waals surface area contributed by atoms with Crippen LogP contribution in [0, 0.1) is 5.95 Å². The topological polar surface area (TPSA) is 58.2 Å². The molecule has 4 aromatic rings. The minimum atomic E-state index is -4.50. The maximum absolute atomic E-state index is 14.4. The molecule has 0 atom stereocenters. The van der Waals surface area contributed by atoms with Gasteiger partial charge in [-0.2, -0.15) is 22.7 Å². The van der Waals surface area contributed by atoms with Crippen LogP contribution in [0.4, 0.5) is 17.6 Å². The molecule has 0 spiro atoms. The summed E-state index contributed by atoms with van der Waals surface area (Å²) in [6, 6.07) is 19.7. The Morgan fingerprint density at radius 2 is 1.76 bits per heavy atom. The fourth-order valence-electron chi connectivity index (χ4n) is 4.39. The van der Waals surface area contributed by atoms with Crippen LogP contribution in [-0.4, -0.2) is 47.8 Å². The molecule has 0 aliphatic rings. The number of fused-ring (bicyclic) bond motifs is 1. The first kappa shape index (κ1) is 25.6. The van der Waals surface area contributed by atoms with Crippen molar-refractivity contribution in [3.8, 4) is 5.75 Å². The molecule has 214 valence electrons. The van der Waals surface area contributed by atoms with Gasteiger partial charge in [0.05, 0.1) is 23.9 Å². The van der Waals surface area contributed by atoms with Gasteiger partial charge in [0.15, 0.2) is 0 Å². The maximum Gasteiger partial charge on any atom is 0.393 e. The van der Waals surface area contributed by atoms with Gasteiger partial charge >= 0.3 is 6.18 Å². The molecule has 41 heavy (non-hydrogen) atoms. The summed E-state index contributed by atoms with van der Waals surface area (Å²) >= 11 is 0. The smallest absolute Gasteiger partial charge is 0.393 e. The number of ether oxygens (including phenoxy) is 1. The van der Waals surface area contributed by atoms with Crippen LogP contribution in [0.3, 0.4) is 0 Å². The molecule has 0 fully saturated rings. The highest BCUT2D eigenvalue weighted by molar-refractivity contribution is 6.00. The molecule has 0 bridgehead atoms. The lowest BCUT2D eigenvalue weighted by Gasteiger charge is -2.19. The quantitative estimate of drug-likeness (QED) is 0.0869. The predicted molar refractivity (Wildman–Crippen MR) is 153 cm³/mol. The molecule has 0 unspecified atom stereocenters. The van der Waals surface area contributed by atoms with Crippen molar-refractivity contribution in [3.63, 3.8) is 0 Å². The van der Waals surface area contributed by atoms with Gasteiger partial charge in [-0.05, 0) is 77.4 Å². The van der Waals surface area contributed by atoms with E-state index in [1.165, 1.54) is 19.2 Å². The first-order chi connectivity index (χ1) is 20.8. The first-order valence-corrected chi connectivity index (χ1v) is 13.0. The Hall–Kier alpha value is -4.40. The van der Waals surface area contributed by atoms with E-state index >= 15 is 0 Å². The number of carbonyl (C=O) groups is 1. The zero-order valence-corrected chi connectivity index (χ0v) is 22.3. The molecule has 0 radical (unpaired) electrons. The number of amides is 1.